The molecular formula is C22H30N4O2. The van der Waals surface area contributed by atoms with E-state index in [1.807, 2.05) is 24.3 Å². The SMILES string of the molecule is CCCOc1cc(C)ccc1CNC(=NC)NCc1cccc(NC(C)=O)c1. The van der Waals surface area contributed by atoms with Gasteiger partial charge in [-0.1, -0.05) is 31.2 Å². The third-order valence-corrected chi connectivity index (χ3v) is 4.06. The summed E-state index contributed by atoms with van der Waals surface area (Å²) in [6.07, 6.45) is 0.974. The second-order valence-corrected chi connectivity index (χ2v) is 6.62. The van der Waals surface area contributed by atoms with Crippen molar-refractivity contribution in [3.8, 4) is 5.75 Å². The fourth-order valence-electron chi connectivity index (χ4n) is 2.70. The van der Waals surface area contributed by atoms with Gasteiger partial charge < -0.3 is 20.7 Å². The number of hydrogen-bond acceptors (Lipinski definition) is 3. The van der Waals surface area contributed by atoms with Crippen molar-refractivity contribution in [1.82, 2.24) is 10.6 Å². The van der Waals surface area contributed by atoms with Crippen LogP contribution in [0.3, 0.4) is 0 Å². The highest BCUT2D eigenvalue weighted by Gasteiger charge is 2.06. The van der Waals surface area contributed by atoms with Crippen LogP contribution < -0.4 is 20.7 Å². The molecule has 0 spiro atoms. The molecule has 28 heavy (non-hydrogen) atoms. The van der Waals surface area contributed by atoms with E-state index in [-0.39, 0.29) is 5.91 Å². The van der Waals surface area contributed by atoms with Gasteiger partial charge in [-0.05, 0) is 42.7 Å². The lowest BCUT2D eigenvalue weighted by Crippen LogP contribution is -2.36. The van der Waals surface area contributed by atoms with Crippen LogP contribution in [0.4, 0.5) is 5.69 Å². The highest BCUT2D eigenvalue weighted by atomic mass is 16.5. The van der Waals surface area contributed by atoms with E-state index in [9.17, 15) is 4.79 Å². The summed E-state index contributed by atoms with van der Waals surface area (Å²) in [6, 6.07) is 14.0. The summed E-state index contributed by atoms with van der Waals surface area (Å²) >= 11 is 0. The molecule has 0 heterocycles. The third kappa shape index (κ3) is 6.95. The van der Waals surface area contributed by atoms with Crippen molar-refractivity contribution in [3.63, 3.8) is 0 Å². The number of anilines is 1. The lowest BCUT2D eigenvalue weighted by atomic mass is 10.1. The van der Waals surface area contributed by atoms with Crippen molar-refractivity contribution in [2.45, 2.75) is 40.3 Å². The highest BCUT2D eigenvalue weighted by Crippen LogP contribution is 2.20. The summed E-state index contributed by atoms with van der Waals surface area (Å²) in [7, 11) is 1.74. The van der Waals surface area contributed by atoms with Gasteiger partial charge in [0.2, 0.25) is 5.91 Å². The number of aryl methyl sites for hydroxylation is 1. The van der Waals surface area contributed by atoms with Crippen LogP contribution >= 0.6 is 0 Å². The molecule has 0 bridgehead atoms. The van der Waals surface area contributed by atoms with E-state index >= 15 is 0 Å². The average Bonchev–Trinajstić information content (AvgIpc) is 2.67. The first-order valence-electron chi connectivity index (χ1n) is 9.55. The first-order chi connectivity index (χ1) is 13.5. The third-order valence-electron chi connectivity index (χ3n) is 4.06. The minimum absolute atomic E-state index is 0.0817. The zero-order chi connectivity index (χ0) is 20.4. The molecule has 0 atom stereocenters. The Bertz CT molecular complexity index is 818. The number of nitrogens with zero attached hydrogens (tertiary/aromatic N) is 1. The van der Waals surface area contributed by atoms with Gasteiger partial charge in [-0.25, -0.2) is 0 Å². The molecule has 2 aromatic rings. The van der Waals surface area contributed by atoms with Crippen LogP contribution in [0.15, 0.2) is 47.5 Å². The zero-order valence-corrected chi connectivity index (χ0v) is 17.1. The molecule has 0 aliphatic carbocycles. The Morgan fingerprint density at radius 3 is 2.61 bits per heavy atom. The van der Waals surface area contributed by atoms with Crippen molar-refractivity contribution < 1.29 is 9.53 Å². The van der Waals surface area contributed by atoms with E-state index in [0.717, 1.165) is 29.0 Å². The largest absolute Gasteiger partial charge is 0.493 e. The first-order valence-corrected chi connectivity index (χ1v) is 9.55. The smallest absolute Gasteiger partial charge is 0.221 e. The van der Waals surface area contributed by atoms with Crippen LogP contribution in [0.25, 0.3) is 0 Å². The van der Waals surface area contributed by atoms with Crippen LogP contribution in [0.5, 0.6) is 5.75 Å². The van der Waals surface area contributed by atoms with Crippen molar-refractivity contribution in [2.24, 2.45) is 4.99 Å². The molecule has 2 aromatic carbocycles. The van der Waals surface area contributed by atoms with E-state index in [2.05, 4.69) is 53.0 Å². The summed E-state index contributed by atoms with van der Waals surface area (Å²) in [5.41, 5.74) is 4.11. The summed E-state index contributed by atoms with van der Waals surface area (Å²) in [6.45, 7) is 7.57. The number of hydrogen-bond donors (Lipinski definition) is 3. The zero-order valence-electron chi connectivity index (χ0n) is 17.1. The van der Waals surface area contributed by atoms with Gasteiger partial charge in [-0.15, -0.1) is 0 Å². The van der Waals surface area contributed by atoms with Crippen molar-refractivity contribution in [2.75, 3.05) is 19.0 Å². The maximum Gasteiger partial charge on any atom is 0.221 e. The van der Waals surface area contributed by atoms with Crippen molar-refractivity contribution >= 4 is 17.6 Å². The van der Waals surface area contributed by atoms with E-state index in [0.29, 0.717) is 25.7 Å². The molecule has 6 heteroatoms. The predicted molar refractivity (Wildman–Crippen MR) is 115 cm³/mol. The standard InChI is InChI=1S/C22H30N4O2/c1-5-11-28-21-12-16(2)9-10-19(21)15-25-22(23-4)24-14-18-7-6-8-20(13-18)26-17(3)27/h6-10,12-13H,5,11,14-15H2,1-4H3,(H,26,27)(H2,23,24,25). The Kier molecular flexibility index (Phi) is 8.34. The lowest BCUT2D eigenvalue weighted by Gasteiger charge is -2.15. The van der Waals surface area contributed by atoms with Gasteiger partial charge in [0, 0.05) is 38.3 Å². The number of benzene rings is 2. The number of rotatable bonds is 8. The van der Waals surface area contributed by atoms with Gasteiger partial charge in [-0.3, -0.25) is 9.79 Å². The van der Waals surface area contributed by atoms with Gasteiger partial charge in [0.15, 0.2) is 5.96 Å². The number of aliphatic imine (C=N–C) groups is 1. The van der Waals surface area contributed by atoms with Crippen molar-refractivity contribution in [3.05, 3.63) is 59.2 Å². The van der Waals surface area contributed by atoms with Crippen molar-refractivity contribution in [1.29, 1.82) is 0 Å². The Labute approximate surface area is 167 Å². The number of ether oxygens (including phenoxy) is 1. The maximum atomic E-state index is 11.2. The van der Waals surface area contributed by atoms with Gasteiger partial charge >= 0.3 is 0 Å². The first kappa shape index (κ1) is 21.3. The number of nitrogens with one attached hydrogen (secondary N) is 3. The molecule has 0 aliphatic heterocycles. The quantitative estimate of drug-likeness (QED) is 0.482. The average molecular weight is 383 g/mol. The molecule has 150 valence electrons. The highest BCUT2D eigenvalue weighted by molar-refractivity contribution is 5.88. The van der Waals surface area contributed by atoms with Crippen LogP contribution in [-0.2, 0) is 17.9 Å². The molecule has 1 amide bonds. The molecule has 0 saturated heterocycles. The van der Waals surface area contributed by atoms with Crippen LogP contribution in [0.1, 0.15) is 37.0 Å². The maximum absolute atomic E-state index is 11.2. The van der Waals surface area contributed by atoms with E-state index in [1.54, 1.807) is 7.05 Å². The van der Waals surface area contributed by atoms with Gasteiger partial charge in [0.1, 0.15) is 5.75 Å². The predicted octanol–water partition coefficient (Wildman–Crippen LogP) is 3.61. The van der Waals surface area contributed by atoms with Gasteiger partial charge in [0.05, 0.1) is 6.61 Å². The minimum atomic E-state index is -0.0817. The molecular weight excluding hydrogens is 352 g/mol. The summed E-state index contributed by atoms with van der Waals surface area (Å²) in [5, 5.41) is 9.42. The molecule has 0 radical (unpaired) electrons. The second kappa shape index (κ2) is 11.0. The number of carbonyl (C=O) groups excluding carboxylic acids is 1. The van der Waals surface area contributed by atoms with Gasteiger partial charge in [0.25, 0.3) is 0 Å². The number of guanidine groups is 1. The van der Waals surface area contributed by atoms with Crippen LogP contribution in [0, 0.1) is 6.92 Å². The summed E-state index contributed by atoms with van der Waals surface area (Å²) in [4.78, 5) is 15.5. The summed E-state index contributed by atoms with van der Waals surface area (Å²) < 4.78 is 5.87. The van der Waals surface area contributed by atoms with Crippen LogP contribution in [-0.4, -0.2) is 25.5 Å². The lowest BCUT2D eigenvalue weighted by molar-refractivity contribution is -0.114. The minimum Gasteiger partial charge on any atom is -0.493 e. The Hall–Kier alpha value is -3.02. The van der Waals surface area contributed by atoms with Crippen LogP contribution in [0.2, 0.25) is 0 Å². The topological polar surface area (TPSA) is 74.8 Å². The Morgan fingerprint density at radius 2 is 1.89 bits per heavy atom. The Morgan fingerprint density at radius 1 is 1.11 bits per heavy atom. The monoisotopic (exact) mass is 382 g/mol. The summed E-state index contributed by atoms with van der Waals surface area (Å²) in [5.74, 6) is 1.53. The van der Waals surface area contributed by atoms with E-state index < -0.39 is 0 Å². The molecule has 6 nitrogen and oxygen atoms in total. The number of amides is 1. The molecule has 3 N–H and O–H groups in total. The second-order valence-electron chi connectivity index (χ2n) is 6.62. The normalized spacial score (nSPS) is 11.1. The molecule has 0 aromatic heterocycles. The molecule has 0 saturated carbocycles. The molecule has 0 unspecified atom stereocenters. The molecule has 0 fully saturated rings. The number of carbonyl (C=O) groups is 1. The Balaban J connectivity index is 1.94. The molecule has 0 aliphatic rings. The fourth-order valence-corrected chi connectivity index (χ4v) is 2.70. The van der Waals surface area contributed by atoms with Gasteiger partial charge in [-0.2, -0.15) is 0 Å². The molecule has 2 rings (SSSR count). The van der Waals surface area contributed by atoms with E-state index in [1.165, 1.54) is 12.5 Å². The fraction of sp³-hybridized carbons (Fsp3) is 0.364. The van der Waals surface area contributed by atoms with E-state index in [4.69, 9.17) is 4.74 Å².